The van der Waals surface area contributed by atoms with Crippen molar-refractivity contribution in [3.8, 4) is 0 Å². The van der Waals surface area contributed by atoms with Crippen LogP contribution in [0.1, 0.15) is 5.69 Å². The Kier molecular flexibility index (Phi) is 4.37. The van der Waals surface area contributed by atoms with E-state index in [0.29, 0.717) is 18.2 Å². The third kappa shape index (κ3) is 3.97. The zero-order valence-corrected chi connectivity index (χ0v) is 12.0. The Morgan fingerprint density at radius 2 is 1.78 bits per heavy atom. The molecule has 0 atom stereocenters. The number of hydrogen-bond donors (Lipinski definition) is 2. The molecule has 0 fully saturated rings. The van der Waals surface area contributed by atoms with Crippen molar-refractivity contribution in [1.29, 1.82) is 0 Å². The van der Waals surface area contributed by atoms with Crippen LogP contribution in [0.3, 0.4) is 0 Å². The van der Waals surface area contributed by atoms with Crippen LogP contribution < -0.4 is 10.6 Å². The summed E-state index contributed by atoms with van der Waals surface area (Å²) < 4.78 is 26.5. The first-order valence-corrected chi connectivity index (χ1v) is 6.88. The summed E-state index contributed by atoms with van der Waals surface area (Å²) in [4.78, 5) is 12.3. The summed E-state index contributed by atoms with van der Waals surface area (Å²) in [5.41, 5.74) is 1.01. The normalized spacial score (nSPS) is 10.3. The van der Waals surface area contributed by atoms with Crippen LogP contribution in [0.5, 0.6) is 0 Å². The van der Waals surface area contributed by atoms with Crippen molar-refractivity contribution in [2.75, 3.05) is 10.6 Å². The molecule has 0 radical (unpaired) electrons. The first-order valence-electron chi connectivity index (χ1n) is 6.88. The van der Waals surface area contributed by atoms with Crippen molar-refractivity contribution in [3.63, 3.8) is 0 Å². The lowest BCUT2D eigenvalue weighted by atomic mass is 10.3. The van der Waals surface area contributed by atoms with Gasteiger partial charge in [0.25, 0.3) is 0 Å². The molecular formula is C16H13F2N5. The van der Waals surface area contributed by atoms with E-state index in [1.54, 1.807) is 12.3 Å². The molecule has 0 aliphatic carbocycles. The molecule has 3 aromatic rings. The number of pyridine rings is 1. The fourth-order valence-electron chi connectivity index (χ4n) is 1.93. The van der Waals surface area contributed by atoms with Gasteiger partial charge in [0.1, 0.15) is 29.6 Å². The maximum Gasteiger partial charge on any atom is 0.149 e. The Labute approximate surface area is 131 Å². The highest BCUT2D eigenvalue weighted by Gasteiger charge is 2.06. The molecular weight excluding hydrogens is 300 g/mol. The summed E-state index contributed by atoms with van der Waals surface area (Å²) in [6, 6.07) is 10.6. The summed E-state index contributed by atoms with van der Waals surface area (Å²) >= 11 is 0. The van der Waals surface area contributed by atoms with Crippen molar-refractivity contribution in [3.05, 3.63) is 72.3 Å². The Balaban J connectivity index is 1.69. The molecule has 3 rings (SSSR count). The second-order valence-electron chi connectivity index (χ2n) is 4.71. The van der Waals surface area contributed by atoms with E-state index in [2.05, 4.69) is 25.6 Å². The molecule has 0 bridgehead atoms. The van der Waals surface area contributed by atoms with Crippen LogP contribution in [0, 0.1) is 11.6 Å². The van der Waals surface area contributed by atoms with Crippen LogP contribution in [0.2, 0.25) is 0 Å². The van der Waals surface area contributed by atoms with E-state index in [9.17, 15) is 8.78 Å². The van der Waals surface area contributed by atoms with E-state index >= 15 is 0 Å². The van der Waals surface area contributed by atoms with Gasteiger partial charge in [-0.1, -0.05) is 6.07 Å². The summed E-state index contributed by atoms with van der Waals surface area (Å²) in [7, 11) is 0. The molecule has 23 heavy (non-hydrogen) atoms. The predicted octanol–water partition coefficient (Wildman–Crippen LogP) is 3.51. The zero-order valence-electron chi connectivity index (χ0n) is 12.0. The smallest absolute Gasteiger partial charge is 0.149 e. The van der Waals surface area contributed by atoms with Crippen molar-refractivity contribution in [2.45, 2.75) is 6.54 Å². The number of hydrogen-bond acceptors (Lipinski definition) is 5. The minimum absolute atomic E-state index is 0.140. The van der Waals surface area contributed by atoms with Crippen LogP contribution in [0.25, 0.3) is 0 Å². The molecule has 1 aromatic carbocycles. The van der Waals surface area contributed by atoms with Gasteiger partial charge in [-0.2, -0.15) is 0 Å². The van der Waals surface area contributed by atoms with Gasteiger partial charge in [0.2, 0.25) is 0 Å². The number of aromatic nitrogens is 3. The predicted molar refractivity (Wildman–Crippen MR) is 83.2 cm³/mol. The number of benzene rings is 1. The topological polar surface area (TPSA) is 62.7 Å². The molecule has 2 heterocycles. The van der Waals surface area contributed by atoms with Crippen LogP contribution in [0.15, 0.2) is 55.0 Å². The molecule has 0 saturated carbocycles. The second kappa shape index (κ2) is 6.78. The summed E-state index contributed by atoms with van der Waals surface area (Å²) in [6.45, 7) is 0.502. The number of nitrogens with zero attached hydrogens (tertiary/aromatic N) is 3. The highest BCUT2D eigenvalue weighted by molar-refractivity contribution is 5.59. The monoisotopic (exact) mass is 313 g/mol. The second-order valence-corrected chi connectivity index (χ2v) is 4.71. The van der Waals surface area contributed by atoms with E-state index in [1.807, 2.05) is 18.2 Å². The standard InChI is InChI=1S/C16H13F2N5/c17-11-4-5-14(13(18)7-11)23-16-8-15(21-10-22-16)20-9-12-3-1-2-6-19-12/h1-8,10H,9H2,(H2,20,21,22,23). The maximum absolute atomic E-state index is 13.6. The minimum Gasteiger partial charge on any atom is -0.364 e. The van der Waals surface area contributed by atoms with Gasteiger partial charge in [0.15, 0.2) is 0 Å². The number of rotatable bonds is 5. The summed E-state index contributed by atoms with van der Waals surface area (Å²) in [5.74, 6) is -0.357. The number of nitrogens with one attached hydrogen (secondary N) is 2. The van der Waals surface area contributed by atoms with E-state index in [1.165, 1.54) is 18.5 Å². The van der Waals surface area contributed by atoms with Crippen molar-refractivity contribution in [1.82, 2.24) is 15.0 Å². The Hall–Kier alpha value is -3.09. The average Bonchev–Trinajstić information content (AvgIpc) is 2.57. The van der Waals surface area contributed by atoms with Crippen molar-refractivity contribution in [2.24, 2.45) is 0 Å². The molecule has 0 amide bonds. The van der Waals surface area contributed by atoms with Crippen LogP contribution in [-0.4, -0.2) is 15.0 Å². The van der Waals surface area contributed by atoms with Gasteiger partial charge in [0.05, 0.1) is 17.9 Å². The first-order chi connectivity index (χ1) is 11.2. The quantitative estimate of drug-likeness (QED) is 0.755. The molecule has 2 N–H and O–H groups in total. The molecule has 116 valence electrons. The highest BCUT2D eigenvalue weighted by atomic mass is 19.1. The third-order valence-electron chi connectivity index (χ3n) is 3.04. The lowest BCUT2D eigenvalue weighted by Crippen LogP contribution is -2.04. The molecule has 0 aliphatic rings. The van der Waals surface area contributed by atoms with Crippen LogP contribution >= 0.6 is 0 Å². The number of halogens is 2. The molecule has 0 spiro atoms. The minimum atomic E-state index is -0.688. The fraction of sp³-hybridized carbons (Fsp3) is 0.0625. The van der Waals surface area contributed by atoms with Gasteiger partial charge in [0, 0.05) is 18.3 Å². The van der Waals surface area contributed by atoms with Gasteiger partial charge < -0.3 is 10.6 Å². The van der Waals surface area contributed by atoms with Crippen molar-refractivity contribution >= 4 is 17.3 Å². The summed E-state index contributed by atoms with van der Waals surface area (Å²) in [6.07, 6.45) is 3.06. The zero-order chi connectivity index (χ0) is 16.1. The van der Waals surface area contributed by atoms with Crippen molar-refractivity contribution < 1.29 is 8.78 Å². The first kappa shape index (κ1) is 14.8. The molecule has 0 saturated heterocycles. The van der Waals surface area contributed by atoms with E-state index in [0.717, 1.165) is 11.8 Å². The van der Waals surface area contributed by atoms with E-state index in [-0.39, 0.29) is 5.69 Å². The Morgan fingerprint density at radius 1 is 0.913 bits per heavy atom. The maximum atomic E-state index is 13.6. The van der Waals surface area contributed by atoms with Crippen LogP contribution in [-0.2, 0) is 6.54 Å². The third-order valence-corrected chi connectivity index (χ3v) is 3.04. The van der Waals surface area contributed by atoms with Gasteiger partial charge >= 0.3 is 0 Å². The van der Waals surface area contributed by atoms with Gasteiger partial charge in [-0.25, -0.2) is 18.7 Å². The largest absolute Gasteiger partial charge is 0.364 e. The molecule has 7 heteroatoms. The Bertz CT molecular complexity index is 795. The van der Waals surface area contributed by atoms with Crippen LogP contribution in [0.4, 0.5) is 26.1 Å². The highest BCUT2D eigenvalue weighted by Crippen LogP contribution is 2.20. The lowest BCUT2D eigenvalue weighted by Gasteiger charge is -2.09. The van der Waals surface area contributed by atoms with Gasteiger partial charge in [-0.3, -0.25) is 4.98 Å². The Morgan fingerprint density at radius 3 is 2.57 bits per heavy atom. The molecule has 0 aliphatic heterocycles. The molecule has 0 unspecified atom stereocenters. The summed E-state index contributed by atoms with van der Waals surface area (Å²) in [5, 5.41) is 5.89. The molecule has 2 aromatic heterocycles. The van der Waals surface area contributed by atoms with Gasteiger partial charge in [-0.15, -0.1) is 0 Å². The average molecular weight is 313 g/mol. The van der Waals surface area contributed by atoms with Gasteiger partial charge in [-0.05, 0) is 24.3 Å². The fourth-order valence-corrected chi connectivity index (χ4v) is 1.93. The molecule has 5 nitrogen and oxygen atoms in total. The van der Waals surface area contributed by atoms with E-state index < -0.39 is 11.6 Å². The number of anilines is 3. The van der Waals surface area contributed by atoms with E-state index in [4.69, 9.17) is 0 Å². The lowest BCUT2D eigenvalue weighted by molar-refractivity contribution is 0.586. The SMILES string of the molecule is Fc1ccc(Nc2cc(NCc3ccccn3)ncn2)c(F)c1.